The zero-order valence-corrected chi connectivity index (χ0v) is 10.6. The van der Waals surface area contributed by atoms with E-state index in [0.29, 0.717) is 0 Å². The molecule has 0 saturated carbocycles. The van der Waals surface area contributed by atoms with Crippen molar-refractivity contribution in [1.82, 2.24) is 4.72 Å². The molecule has 0 saturated heterocycles. The van der Waals surface area contributed by atoms with Crippen molar-refractivity contribution in [3.63, 3.8) is 0 Å². The van der Waals surface area contributed by atoms with Crippen LogP contribution in [-0.2, 0) is 24.3 Å². The molecule has 98 valence electrons. The van der Waals surface area contributed by atoms with Crippen LogP contribution in [0.2, 0.25) is 0 Å². The minimum Gasteiger partial charge on any atom is -0.469 e. The molecule has 0 aliphatic rings. The molecule has 0 atom stereocenters. The molecule has 18 heavy (non-hydrogen) atoms. The Bertz CT molecular complexity index is 524. The molecule has 1 aromatic rings. The van der Waals surface area contributed by atoms with Gasteiger partial charge in [0, 0.05) is 0 Å². The minimum atomic E-state index is -3.72. The van der Waals surface area contributed by atoms with Gasteiger partial charge in [0.1, 0.15) is 6.42 Å². The lowest BCUT2D eigenvalue weighted by molar-refractivity contribution is -0.143. The summed E-state index contributed by atoms with van der Waals surface area (Å²) in [5.41, 5.74) is 0. The van der Waals surface area contributed by atoms with Crippen LogP contribution in [0.15, 0.2) is 35.2 Å². The number of hydrogen-bond acceptors (Lipinski definition) is 5. The Morgan fingerprint density at radius 3 is 2.39 bits per heavy atom. The van der Waals surface area contributed by atoms with Crippen LogP contribution in [0.3, 0.4) is 0 Å². The fourth-order valence-electron chi connectivity index (χ4n) is 1.15. The average Bonchev–Trinajstić information content (AvgIpc) is 2.37. The second kappa shape index (κ2) is 6.27. The van der Waals surface area contributed by atoms with E-state index in [-0.39, 0.29) is 4.90 Å². The topological polar surface area (TPSA) is 89.5 Å². The van der Waals surface area contributed by atoms with E-state index < -0.39 is 34.7 Å². The number of hydrogen-bond donors (Lipinski definition) is 1. The Labute approximate surface area is 105 Å². The lowest BCUT2D eigenvalue weighted by Gasteiger charge is -2.05. The molecule has 1 rings (SSSR count). The van der Waals surface area contributed by atoms with Gasteiger partial charge in [-0.15, -0.1) is 0 Å². The molecule has 7 heteroatoms. The molecule has 1 N–H and O–H groups in total. The molecule has 1 aromatic carbocycles. The van der Waals surface area contributed by atoms with Crippen molar-refractivity contribution in [2.45, 2.75) is 11.3 Å². The molecular weight excluding hydrogens is 258 g/mol. The molecule has 0 spiro atoms. The van der Waals surface area contributed by atoms with Gasteiger partial charge in [0.25, 0.3) is 0 Å². The van der Waals surface area contributed by atoms with Crippen LogP contribution in [0.25, 0.3) is 0 Å². The molecule has 0 aliphatic heterocycles. The van der Waals surface area contributed by atoms with Gasteiger partial charge >= 0.3 is 5.97 Å². The lowest BCUT2D eigenvalue weighted by atomic mass is 10.3. The van der Waals surface area contributed by atoms with E-state index in [4.69, 9.17) is 0 Å². The molecule has 0 bridgehead atoms. The van der Waals surface area contributed by atoms with Crippen molar-refractivity contribution in [1.29, 1.82) is 0 Å². The van der Waals surface area contributed by atoms with Gasteiger partial charge < -0.3 is 4.74 Å². The third-order valence-corrected chi connectivity index (χ3v) is 3.50. The van der Waals surface area contributed by atoms with Gasteiger partial charge in [-0.05, 0) is 12.1 Å². The predicted octanol–water partition coefficient (Wildman–Crippen LogP) is 0.0971. The second-order valence-corrected chi connectivity index (χ2v) is 5.20. The van der Waals surface area contributed by atoms with E-state index in [9.17, 15) is 18.0 Å². The number of ketones is 1. The molecule has 0 aliphatic carbocycles. The van der Waals surface area contributed by atoms with Gasteiger partial charge in [0.15, 0.2) is 5.78 Å². The Kier molecular flexibility index (Phi) is 4.99. The van der Waals surface area contributed by atoms with Gasteiger partial charge in [0.05, 0.1) is 18.6 Å². The molecule has 0 radical (unpaired) electrons. The Morgan fingerprint density at radius 1 is 1.22 bits per heavy atom. The zero-order valence-electron chi connectivity index (χ0n) is 9.75. The largest absolute Gasteiger partial charge is 0.469 e. The lowest BCUT2D eigenvalue weighted by Crippen LogP contribution is -2.30. The van der Waals surface area contributed by atoms with Gasteiger partial charge in [-0.1, -0.05) is 18.2 Å². The van der Waals surface area contributed by atoms with Crippen LogP contribution in [-0.4, -0.2) is 33.8 Å². The highest BCUT2D eigenvalue weighted by molar-refractivity contribution is 7.89. The van der Waals surface area contributed by atoms with Crippen molar-refractivity contribution in [2.75, 3.05) is 13.7 Å². The van der Waals surface area contributed by atoms with Crippen molar-refractivity contribution in [2.24, 2.45) is 0 Å². The first kappa shape index (κ1) is 14.3. The molecule has 0 aromatic heterocycles. The Morgan fingerprint density at radius 2 is 1.83 bits per heavy atom. The van der Waals surface area contributed by atoms with E-state index in [1.165, 1.54) is 12.1 Å². The van der Waals surface area contributed by atoms with Crippen LogP contribution in [0.4, 0.5) is 0 Å². The molecule has 0 fully saturated rings. The van der Waals surface area contributed by atoms with E-state index in [0.717, 1.165) is 7.11 Å². The van der Waals surface area contributed by atoms with Gasteiger partial charge in [0.2, 0.25) is 10.0 Å². The fraction of sp³-hybridized carbons (Fsp3) is 0.273. The van der Waals surface area contributed by atoms with Crippen molar-refractivity contribution in [3.8, 4) is 0 Å². The highest BCUT2D eigenvalue weighted by Crippen LogP contribution is 2.06. The number of methoxy groups -OCH3 is 1. The SMILES string of the molecule is COC(=O)CC(=O)CNS(=O)(=O)c1ccccc1. The summed E-state index contributed by atoms with van der Waals surface area (Å²) in [6.07, 6.45) is -0.451. The summed E-state index contributed by atoms with van der Waals surface area (Å²) in [6.45, 7) is -0.438. The maximum absolute atomic E-state index is 11.7. The minimum absolute atomic E-state index is 0.0656. The van der Waals surface area contributed by atoms with Crippen LogP contribution in [0, 0.1) is 0 Å². The predicted molar refractivity (Wildman–Crippen MR) is 63.3 cm³/mol. The number of sulfonamides is 1. The molecule has 0 unspecified atom stereocenters. The molecule has 0 amide bonds. The van der Waals surface area contributed by atoms with E-state index >= 15 is 0 Å². The number of carbonyl (C=O) groups excluding carboxylic acids is 2. The van der Waals surface area contributed by atoms with Crippen LogP contribution in [0.1, 0.15) is 6.42 Å². The summed E-state index contributed by atoms with van der Waals surface area (Å²) < 4.78 is 29.8. The van der Waals surface area contributed by atoms with Crippen molar-refractivity contribution >= 4 is 21.8 Å². The quantitative estimate of drug-likeness (QED) is 0.585. The highest BCUT2D eigenvalue weighted by atomic mass is 32.2. The average molecular weight is 271 g/mol. The smallest absolute Gasteiger partial charge is 0.313 e. The summed E-state index contributed by atoms with van der Waals surface area (Å²) in [4.78, 5) is 22.1. The Hall–Kier alpha value is -1.73. The Balaban J connectivity index is 2.58. The summed E-state index contributed by atoms with van der Waals surface area (Å²) in [6, 6.07) is 7.65. The number of Topliss-reactive ketones (excluding diaryl/α,β-unsaturated/α-hetero) is 1. The standard InChI is InChI=1S/C11H13NO5S/c1-17-11(14)7-9(13)8-12-18(15,16)10-5-3-2-4-6-10/h2-6,12H,7-8H2,1H3. The number of carbonyl (C=O) groups is 2. The number of ether oxygens (including phenoxy) is 1. The van der Waals surface area contributed by atoms with Gasteiger partial charge in [-0.2, -0.15) is 0 Å². The third kappa shape index (κ3) is 4.27. The summed E-state index contributed by atoms with van der Waals surface area (Å²) >= 11 is 0. The number of esters is 1. The maximum atomic E-state index is 11.7. The van der Waals surface area contributed by atoms with E-state index in [2.05, 4.69) is 9.46 Å². The van der Waals surface area contributed by atoms with Gasteiger partial charge in [-0.3, -0.25) is 9.59 Å². The third-order valence-electron chi connectivity index (χ3n) is 2.08. The molecular formula is C11H13NO5S. The van der Waals surface area contributed by atoms with Crippen LogP contribution in [0.5, 0.6) is 0 Å². The normalized spacial score (nSPS) is 10.9. The molecule has 6 nitrogen and oxygen atoms in total. The monoisotopic (exact) mass is 271 g/mol. The fourth-order valence-corrected chi connectivity index (χ4v) is 2.19. The van der Waals surface area contributed by atoms with Crippen molar-refractivity contribution < 1.29 is 22.7 Å². The highest BCUT2D eigenvalue weighted by Gasteiger charge is 2.16. The van der Waals surface area contributed by atoms with Crippen LogP contribution < -0.4 is 4.72 Å². The first-order valence-corrected chi connectivity index (χ1v) is 6.57. The second-order valence-electron chi connectivity index (χ2n) is 3.43. The van der Waals surface area contributed by atoms with E-state index in [1.54, 1.807) is 18.2 Å². The zero-order chi connectivity index (χ0) is 13.6. The summed E-state index contributed by atoms with van der Waals surface area (Å²) in [5.74, 6) is -1.25. The number of rotatable bonds is 6. The van der Waals surface area contributed by atoms with Crippen LogP contribution >= 0.6 is 0 Å². The van der Waals surface area contributed by atoms with Crippen molar-refractivity contribution in [3.05, 3.63) is 30.3 Å². The maximum Gasteiger partial charge on any atom is 0.313 e. The first-order chi connectivity index (χ1) is 8.45. The molecule has 0 heterocycles. The number of benzene rings is 1. The van der Waals surface area contributed by atoms with Gasteiger partial charge in [-0.25, -0.2) is 13.1 Å². The number of nitrogens with one attached hydrogen (secondary N) is 1. The van der Waals surface area contributed by atoms with E-state index in [1.807, 2.05) is 0 Å². The summed E-state index contributed by atoms with van der Waals surface area (Å²) in [7, 11) is -2.56. The first-order valence-electron chi connectivity index (χ1n) is 5.09. The summed E-state index contributed by atoms with van der Waals surface area (Å²) in [5, 5.41) is 0.